The van der Waals surface area contributed by atoms with E-state index in [4.69, 9.17) is 23.8 Å². The summed E-state index contributed by atoms with van der Waals surface area (Å²) in [6.07, 6.45) is 0.526. The predicted octanol–water partition coefficient (Wildman–Crippen LogP) is 4.69. The quantitative estimate of drug-likeness (QED) is 0.209. The van der Waals surface area contributed by atoms with Crippen molar-refractivity contribution in [2.75, 3.05) is 34.4 Å². The number of likely N-dealkylation sites (N-methyl/N-ethyl adjacent to an activating group) is 1. The predicted molar refractivity (Wildman–Crippen MR) is 127 cm³/mol. The number of amides is 1. The minimum Gasteiger partial charge on any atom is -0.464 e. The van der Waals surface area contributed by atoms with Gasteiger partial charge in [0.15, 0.2) is 29.9 Å². The van der Waals surface area contributed by atoms with Gasteiger partial charge in [0.05, 0.1) is 12.5 Å². The molecule has 0 bridgehead atoms. The van der Waals surface area contributed by atoms with Gasteiger partial charge in [0.2, 0.25) is 6.79 Å². The van der Waals surface area contributed by atoms with E-state index in [0.717, 1.165) is 17.2 Å². The zero-order valence-corrected chi connectivity index (χ0v) is 21.4. The van der Waals surface area contributed by atoms with Gasteiger partial charge in [-0.2, -0.15) is 0 Å². The average molecular weight is 490 g/mol. The molecule has 184 valence electrons. The Kier molecular flexibility index (Phi) is 6.89. The van der Waals surface area contributed by atoms with Crippen molar-refractivity contribution in [1.82, 2.24) is 5.06 Å². The number of carbonyl (C=O) groups excluding carboxylic acids is 1. The topological polar surface area (TPSA) is 66.5 Å². The fraction of sp³-hybridized carbons (Fsp3) is 0.480. The highest BCUT2D eigenvalue weighted by atomic mass is 28.3. The zero-order chi connectivity index (χ0) is 24.5. The highest BCUT2D eigenvalue weighted by Crippen LogP contribution is 2.62. The van der Waals surface area contributed by atoms with Crippen LogP contribution in [0.3, 0.4) is 0 Å². The maximum Gasteiger partial charge on any atom is 0.257 e. The normalized spacial score (nSPS) is 20.8. The molecule has 2 atom stereocenters. The third-order valence-electron chi connectivity index (χ3n) is 6.44. The summed E-state index contributed by atoms with van der Waals surface area (Å²) >= 11 is 0. The second kappa shape index (κ2) is 9.56. The molecule has 7 nitrogen and oxygen atoms in total. The van der Waals surface area contributed by atoms with Gasteiger partial charge in [-0.25, -0.2) is 9.45 Å². The molecule has 1 saturated carbocycles. The SMILES string of the molecule is CON(C)C(=O)C1(c2ccc3c(c2)OCO3)CC1c1ccc(OCOCC[Si](C)(C)C)c(F)c1. The molecule has 0 N–H and O–H groups in total. The molecule has 0 radical (unpaired) electrons. The van der Waals surface area contributed by atoms with Crippen molar-refractivity contribution in [3.8, 4) is 17.2 Å². The smallest absolute Gasteiger partial charge is 0.257 e. The zero-order valence-electron chi connectivity index (χ0n) is 20.4. The lowest BCUT2D eigenvalue weighted by Gasteiger charge is -2.23. The highest BCUT2D eigenvalue weighted by molar-refractivity contribution is 6.76. The van der Waals surface area contributed by atoms with E-state index in [2.05, 4.69) is 19.6 Å². The fourth-order valence-electron chi connectivity index (χ4n) is 4.28. The van der Waals surface area contributed by atoms with Gasteiger partial charge in [-0.3, -0.25) is 9.63 Å². The van der Waals surface area contributed by atoms with Crippen molar-refractivity contribution in [3.05, 3.63) is 53.3 Å². The lowest BCUT2D eigenvalue weighted by Crippen LogP contribution is -2.37. The molecular weight excluding hydrogens is 457 g/mol. The van der Waals surface area contributed by atoms with Crippen LogP contribution in [-0.2, 0) is 19.8 Å². The van der Waals surface area contributed by atoms with E-state index in [9.17, 15) is 9.18 Å². The van der Waals surface area contributed by atoms with E-state index in [1.165, 1.54) is 18.2 Å². The van der Waals surface area contributed by atoms with Gasteiger partial charge < -0.3 is 18.9 Å². The van der Waals surface area contributed by atoms with Crippen LogP contribution in [0.15, 0.2) is 36.4 Å². The number of carbonyl (C=O) groups is 1. The van der Waals surface area contributed by atoms with Crippen molar-refractivity contribution in [1.29, 1.82) is 0 Å². The molecule has 4 rings (SSSR count). The first-order valence-corrected chi connectivity index (χ1v) is 15.1. The first-order chi connectivity index (χ1) is 16.2. The molecule has 2 unspecified atom stereocenters. The number of benzene rings is 2. The van der Waals surface area contributed by atoms with Crippen LogP contribution in [0.25, 0.3) is 0 Å². The number of fused-ring (bicyclic) bond motifs is 1. The number of nitrogens with zero attached hydrogens (tertiary/aromatic N) is 1. The molecule has 1 aliphatic carbocycles. The Morgan fingerprint density at radius 1 is 1.18 bits per heavy atom. The monoisotopic (exact) mass is 489 g/mol. The van der Waals surface area contributed by atoms with Crippen molar-refractivity contribution in [3.63, 3.8) is 0 Å². The number of hydroxylamine groups is 2. The van der Waals surface area contributed by atoms with Crippen LogP contribution in [0.2, 0.25) is 25.7 Å². The van der Waals surface area contributed by atoms with Crippen LogP contribution < -0.4 is 14.2 Å². The molecule has 0 aromatic heterocycles. The summed E-state index contributed by atoms with van der Waals surface area (Å²) in [5.41, 5.74) is 0.632. The van der Waals surface area contributed by atoms with E-state index in [0.29, 0.717) is 24.5 Å². The Balaban J connectivity index is 1.50. The van der Waals surface area contributed by atoms with Gasteiger partial charge in [0.25, 0.3) is 5.91 Å². The number of rotatable bonds is 10. The third kappa shape index (κ3) is 4.91. The Morgan fingerprint density at radius 2 is 1.94 bits per heavy atom. The van der Waals surface area contributed by atoms with E-state index in [1.54, 1.807) is 25.2 Å². The van der Waals surface area contributed by atoms with Gasteiger partial charge in [-0.05, 0) is 47.9 Å². The van der Waals surface area contributed by atoms with Crippen molar-refractivity contribution in [2.45, 2.75) is 43.4 Å². The second-order valence-electron chi connectivity index (χ2n) is 9.95. The molecule has 0 saturated heterocycles. The number of hydrogen-bond acceptors (Lipinski definition) is 6. The number of halogens is 1. The van der Waals surface area contributed by atoms with Crippen LogP contribution >= 0.6 is 0 Å². The third-order valence-corrected chi connectivity index (χ3v) is 8.15. The van der Waals surface area contributed by atoms with Crippen molar-refractivity contribution < 1.29 is 33.0 Å². The summed E-state index contributed by atoms with van der Waals surface area (Å²) in [5.74, 6) is 0.476. The van der Waals surface area contributed by atoms with E-state index in [-0.39, 0.29) is 31.2 Å². The first kappa shape index (κ1) is 24.5. The molecule has 9 heteroatoms. The van der Waals surface area contributed by atoms with Crippen LogP contribution in [0.5, 0.6) is 17.2 Å². The van der Waals surface area contributed by atoms with Gasteiger partial charge in [-0.1, -0.05) is 31.8 Å². The molecule has 1 heterocycles. The fourth-order valence-corrected chi connectivity index (χ4v) is 5.03. The van der Waals surface area contributed by atoms with Crippen LogP contribution in [-0.4, -0.2) is 53.4 Å². The molecular formula is C25H32FNO6Si. The lowest BCUT2D eigenvalue weighted by molar-refractivity contribution is -0.171. The van der Waals surface area contributed by atoms with E-state index in [1.807, 2.05) is 12.1 Å². The standard InChI is InChI=1S/C25H32FNO6Si/c1-27(29-2)24(28)25(18-7-9-22-23(13-18)33-16-32-22)14-19(25)17-6-8-21(20(26)12-17)31-15-30-10-11-34(3,4)5/h6-9,12-13,19H,10-11,14-16H2,1-5H3. The second-order valence-corrected chi connectivity index (χ2v) is 15.6. The minimum atomic E-state index is -1.19. The summed E-state index contributed by atoms with van der Waals surface area (Å²) in [6.45, 7) is 7.56. The van der Waals surface area contributed by atoms with Crippen LogP contribution in [0, 0.1) is 5.82 Å². The Labute approximate surface area is 200 Å². The number of hydrogen-bond donors (Lipinski definition) is 0. The molecule has 0 spiro atoms. The molecule has 1 amide bonds. The van der Waals surface area contributed by atoms with Crippen molar-refractivity contribution in [2.24, 2.45) is 0 Å². The molecule has 1 fully saturated rings. The van der Waals surface area contributed by atoms with Gasteiger partial charge in [0, 0.05) is 27.6 Å². The molecule has 2 aliphatic rings. The summed E-state index contributed by atoms with van der Waals surface area (Å²) in [5, 5.41) is 1.22. The molecule has 34 heavy (non-hydrogen) atoms. The maximum atomic E-state index is 14.9. The molecule has 2 aromatic rings. The number of ether oxygens (including phenoxy) is 4. The summed E-state index contributed by atoms with van der Waals surface area (Å²) < 4.78 is 36.8. The van der Waals surface area contributed by atoms with Crippen LogP contribution in [0.1, 0.15) is 23.5 Å². The van der Waals surface area contributed by atoms with E-state index >= 15 is 0 Å². The van der Waals surface area contributed by atoms with Crippen LogP contribution in [0.4, 0.5) is 4.39 Å². The molecule has 2 aromatic carbocycles. The minimum absolute atomic E-state index is 0.00241. The summed E-state index contributed by atoms with van der Waals surface area (Å²) in [6, 6.07) is 11.4. The lowest BCUT2D eigenvalue weighted by atomic mass is 9.89. The maximum absolute atomic E-state index is 14.9. The summed E-state index contributed by atoms with van der Waals surface area (Å²) in [4.78, 5) is 18.6. The Morgan fingerprint density at radius 3 is 2.65 bits per heavy atom. The van der Waals surface area contributed by atoms with Gasteiger partial charge >= 0.3 is 0 Å². The first-order valence-electron chi connectivity index (χ1n) is 11.4. The Hall–Kier alpha value is -2.62. The molecule has 1 aliphatic heterocycles. The highest BCUT2D eigenvalue weighted by Gasteiger charge is 2.63. The average Bonchev–Trinajstić information content (AvgIpc) is 3.38. The largest absolute Gasteiger partial charge is 0.464 e. The summed E-state index contributed by atoms with van der Waals surface area (Å²) in [7, 11) is 1.83. The van der Waals surface area contributed by atoms with Gasteiger partial charge in [0.1, 0.15) is 0 Å². The van der Waals surface area contributed by atoms with Gasteiger partial charge in [-0.15, -0.1) is 0 Å². The van der Waals surface area contributed by atoms with E-state index < -0.39 is 19.3 Å². The Bertz CT molecular complexity index is 1060. The van der Waals surface area contributed by atoms with Crippen molar-refractivity contribution >= 4 is 14.0 Å².